The second kappa shape index (κ2) is 6.89. The summed E-state index contributed by atoms with van der Waals surface area (Å²) in [6.07, 6.45) is 0.221. The van der Waals surface area contributed by atoms with Crippen LogP contribution >= 0.6 is 11.6 Å². The van der Waals surface area contributed by atoms with Crippen LogP contribution in [0.1, 0.15) is 23.1 Å². The summed E-state index contributed by atoms with van der Waals surface area (Å²) in [5.74, 6) is -0.538. The fraction of sp³-hybridized carbons (Fsp3) is 0.300. The average Bonchev–Trinajstić information content (AvgIpc) is 2.95. The number of aryl methyl sites for hydroxylation is 2. The summed E-state index contributed by atoms with van der Waals surface area (Å²) >= 11 is 6.10. The number of halogens is 1. The number of nitrogens with zero attached hydrogens (tertiary/aromatic N) is 1. The van der Waals surface area contributed by atoms with Crippen molar-refractivity contribution in [3.8, 4) is 0 Å². The molecule has 25 heavy (non-hydrogen) atoms. The molecule has 0 unspecified atom stereocenters. The van der Waals surface area contributed by atoms with E-state index >= 15 is 0 Å². The highest BCUT2D eigenvalue weighted by Gasteiger charge is 2.35. The molecule has 1 aliphatic rings. The number of hydrogen-bond donors (Lipinski definition) is 1. The van der Waals surface area contributed by atoms with E-state index in [9.17, 15) is 9.59 Å². The van der Waals surface area contributed by atoms with Gasteiger partial charge in [-0.2, -0.15) is 0 Å². The molecule has 2 aromatic rings. The topological polar surface area (TPSA) is 49.4 Å². The van der Waals surface area contributed by atoms with Crippen molar-refractivity contribution in [1.29, 1.82) is 0 Å². The zero-order chi connectivity index (χ0) is 18.1. The van der Waals surface area contributed by atoms with E-state index in [2.05, 4.69) is 5.32 Å². The third-order valence-electron chi connectivity index (χ3n) is 4.80. The monoisotopic (exact) mass is 356 g/mol. The summed E-state index contributed by atoms with van der Waals surface area (Å²) in [5.41, 5.74) is 4.70. The van der Waals surface area contributed by atoms with Crippen LogP contribution in [0.2, 0.25) is 5.02 Å². The molecule has 1 N–H and O–H groups in total. The normalized spacial score (nSPS) is 17.0. The lowest BCUT2D eigenvalue weighted by molar-refractivity contribution is -0.122. The Hall–Kier alpha value is -2.33. The first-order valence-corrected chi connectivity index (χ1v) is 8.68. The van der Waals surface area contributed by atoms with Gasteiger partial charge in [0.2, 0.25) is 11.8 Å². The number of anilines is 2. The molecule has 1 fully saturated rings. The summed E-state index contributed by atoms with van der Waals surface area (Å²) in [4.78, 5) is 26.7. The number of carbonyl (C=O) groups is 2. The minimum absolute atomic E-state index is 0.0178. The molecule has 0 aromatic heterocycles. The van der Waals surface area contributed by atoms with E-state index in [1.165, 1.54) is 0 Å². The molecule has 0 radical (unpaired) electrons. The average molecular weight is 357 g/mol. The molecule has 1 atom stereocenters. The molecule has 0 spiro atoms. The molecular formula is C20H21ClN2O2. The van der Waals surface area contributed by atoms with Crippen LogP contribution in [0.15, 0.2) is 36.4 Å². The Kier molecular flexibility index (Phi) is 4.82. The Bertz CT molecular complexity index is 848. The van der Waals surface area contributed by atoms with Gasteiger partial charge in [0.15, 0.2) is 0 Å². The van der Waals surface area contributed by atoms with E-state index in [0.717, 1.165) is 22.4 Å². The quantitative estimate of drug-likeness (QED) is 0.893. The first kappa shape index (κ1) is 17.5. The van der Waals surface area contributed by atoms with E-state index in [1.807, 2.05) is 51.1 Å². The number of amides is 2. The van der Waals surface area contributed by atoms with Gasteiger partial charge < -0.3 is 10.2 Å². The number of carbonyl (C=O) groups excluding carboxylic acids is 2. The second-order valence-corrected chi connectivity index (χ2v) is 6.98. The van der Waals surface area contributed by atoms with Crippen LogP contribution in [-0.4, -0.2) is 18.4 Å². The lowest BCUT2D eigenvalue weighted by atomic mass is 10.1. The number of benzene rings is 2. The van der Waals surface area contributed by atoms with Gasteiger partial charge in [0.05, 0.1) is 5.92 Å². The molecule has 0 saturated carbocycles. The van der Waals surface area contributed by atoms with Crippen molar-refractivity contribution in [2.24, 2.45) is 5.92 Å². The van der Waals surface area contributed by atoms with E-state index in [-0.39, 0.29) is 24.2 Å². The molecule has 0 aliphatic carbocycles. The smallest absolute Gasteiger partial charge is 0.229 e. The predicted octanol–water partition coefficient (Wildman–Crippen LogP) is 4.26. The fourth-order valence-electron chi connectivity index (χ4n) is 3.06. The molecule has 2 aromatic carbocycles. The van der Waals surface area contributed by atoms with Gasteiger partial charge in [0.1, 0.15) is 0 Å². The highest BCUT2D eigenvalue weighted by Crippen LogP contribution is 2.30. The van der Waals surface area contributed by atoms with Gasteiger partial charge in [-0.15, -0.1) is 0 Å². The van der Waals surface area contributed by atoms with Gasteiger partial charge >= 0.3 is 0 Å². The highest BCUT2D eigenvalue weighted by molar-refractivity contribution is 6.31. The highest BCUT2D eigenvalue weighted by atomic mass is 35.5. The van der Waals surface area contributed by atoms with Crippen LogP contribution in [-0.2, 0) is 9.59 Å². The van der Waals surface area contributed by atoms with Crippen molar-refractivity contribution in [1.82, 2.24) is 0 Å². The zero-order valence-electron chi connectivity index (χ0n) is 14.6. The zero-order valence-corrected chi connectivity index (χ0v) is 15.4. The van der Waals surface area contributed by atoms with E-state index in [4.69, 9.17) is 11.6 Å². The lowest BCUT2D eigenvalue weighted by Crippen LogP contribution is -2.28. The Morgan fingerprint density at radius 2 is 1.92 bits per heavy atom. The predicted molar refractivity (Wildman–Crippen MR) is 101 cm³/mol. The van der Waals surface area contributed by atoms with Gasteiger partial charge in [-0.3, -0.25) is 9.59 Å². The summed E-state index contributed by atoms with van der Waals surface area (Å²) in [6, 6.07) is 11.3. The van der Waals surface area contributed by atoms with Crippen LogP contribution in [0.5, 0.6) is 0 Å². The van der Waals surface area contributed by atoms with Crippen LogP contribution < -0.4 is 10.2 Å². The van der Waals surface area contributed by atoms with Gasteiger partial charge in [0.25, 0.3) is 0 Å². The maximum absolute atomic E-state index is 12.6. The molecule has 130 valence electrons. The SMILES string of the molecule is Cc1ccc(NC(=O)[C@@H]2CC(=O)N(c3cccc(C)c3C)C2)cc1Cl. The van der Waals surface area contributed by atoms with Crippen LogP contribution in [0.4, 0.5) is 11.4 Å². The Morgan fingerprint density at radius 1 is 1.16 bits per heavy atom. The van der Waals surface area contributed by atoms with Crippen molar-refractivity contribution in [2.45, 2.75) is 27.2 Å². The Morgan fingerprint density at radius 3 is 2.64 bits per heavy atom. The van der Waals surface area contributed by atoms with E-state index < -0.39 is 0 Å². The lowest BCUT2D eigenvalue weighted by Gasteiger charge is -2.20. The summed E-state index contributed by atoms with van der Waals surface area (Å²) in [6.45, 7) is 6.32. The first-order chi connectivity index (χ1) is 11.9. The van der Waals surface area contributed by atoms with Gasteiger partial charge in [-0.05, 0) is 55.7 Å². The Balaban J connectivity index is 1.74. The van der Waals surface area contributed by atoms with Crippen molar-refractivity contribution in [2.75, 3.05) is 16.8 Å². The second-order valence-electron chi connectivity index (χ2n) is 6.58. The maximum atomic E-state index is 12.6. The molecule has 3 rings (SSSR count). The van der Waals surface area contributed by atoms with Crippen molar-refractivity contribution >= 4 is 34.8 Å². The van der Waals surface area contributed by atoms with Crippen LogP contribution in [0, 0.1) is 26.7 Å². The minimum atomic E-state index is -0.368. The van der Waals surface area contributed by atoms with E-state index in [0.29, 0.717) is 17.3 Å². The molecule has 1 heterocycles. The third kappa shape index (κ3) is 3.54. The number of hydrogen-bond acceptors (Lipinski definition) is 2. The molecule has 1 aliphatic heterocycles. The first-order valence-electron chi connectivity index (χ1n) is 8.30. The summed E-state index contributed by atoms with van der Waals surface area (Å²) in [7, 11) is 0. The molecule has 4 nitrogen and oxygen atoms in total. The number of nitrogens with one attached hydrogen (secondary N) is 1. The molecule has 2 amide bonds. The standard InChI is InChI=1S/C20H21ClN2O2/c1-12-5-4-6-18(14(12)3)23-11-15(9-19(23)24)20(25)22-16-8-7-13(2)17(21)10-16/h4-8,10,15H,9,11H2,1-3H3,(H,22,25)/t15-/m1/s1. The van der Waals surface area contributed by atoms with Gasteiger partial charge in [-0.25, -0.2) is 0 Å². The number of rotatable bonds is 3. The molecule has 0 bridgehead atoms. The van der Waals surface area contributed by atoms with Crippen molar-refractivity contribution < 1.29 is 9.59 Å². The maximum Gasteiger partial charge on any atom is 0.229 e. The minimum Gasteiger partial charge on any atom is -0.326 e. The largest absolute Gasteiger partial charge is 0.326 e. The van der Waals surface area contributed by atoms with Crippen LogP contribution in [0.25, 0.3) is 0 Å². The molecule has 5 heteroatoms. The Labute approximate surface area is 152 Å². The fourth-order valence-corrected chi connectivity index (χ4v) is 3.24. The van der Waals surface area contributed by atoms with Crippen LogP contribution in [0.3, 0.4) is 0 Å². The van der Waals surface area contributed by atoms with Crippen molar-refractivity contribution in [3.63, 3.8) is 0 Å². The van der Waals surface area contributed by atoms with Gasteiger partial charge in [-0.1, -0.05) is 29.8 Å². The molecular weight excluding hydrogens is 336 g/mol. The third-order valence-corrected chi connectivity index (χ3v) is 5.21. The summed E-state index contributed by atoms with van der Waals surface area (Å²) in [5, 5.41) is 3.48. The van der Waals surface area contributed by atoms with E-state index in [1.54, 1.807) is 11.0 Å². The van der Waals surface area contributed by atoms with Gasteiger partial charge in [0, 0.05) is 29.4 Å². The summed E-state index contributed by atoms with van der Waals surface area (Å²) < 4.78 is 0. The van der Waals surface area contributed by atoms with Crippen molar-refractivity contribution in [3.05, 3.63) is 58.1 Å². The molecule has 1 saturated heterocycles.